The molecule has 0 bridgehead atoms. The lowest BCUT2D eigenvalue weighted by atomic mass is 10.2. The minimum absolute atomic E-state index is 0.365. The van der Waals surface area contributed by atoms with Gasteiger partial charge in [0.25, 0.3) is 5.89 Å². The van der Waals surface area contributed by atoms with E-state index in [0.29, 0.717) is 28.8 Å². The molecule has 21 heavy (non-hydrogen) atoms. The van der Waals surface area contributed by atoms with Gasteiger partial charge >= 0.3 is 0 Å². The molecule has 3 rings (SSSR count). The van der Waals surface area contributed by atoms with Crippen molar-refractivity contribution >= 4 is 0 Å². The van der Waals surface area contributed by atoms with Gasteiger partial charge in [0, 0.05) is 18.0 Å². The summed E-state index contributed by atoms with van der Waals surface area (Å²) in [6, 6.07) is 9.16. The molecule has 0 unspecified atom stereocenters. The second-order valence-corrected chi connectivity index (χ2v) is 4.21. The first-order chi connectivity index (χ1) is 10.3. The summed E-state index contributed by atoms with van der Waals surface area (Å²) in [7, 11) is 3.15. The van der Waals surface area contributed by atoms with Crippen molar-refractivity contribution in [1.29, 1.82) is 0 Å². The molecule has 1 aromatic carbocycles. The molecule has 106 valence electrons. The highest BCUT2D eigenvalue weighted by molar-refractivity contribution is 5.69. The van der Waals surface area contributed by atoms with Crippen molar-refractivity contribution in [1.82, 2.24) is 15.1 Å². The molecule has 6 nitrogen and oxygen atoms in total. The highest BCUT2D eigenvalue weighted by Gasteiger charge is 2.17. The zero-order valence-corrected chi connectivity index (χ0v) is 11.6. The zero-order chi connectivity index (χ0) is 14.7. The molecular formula is C15H13N3O3. The number of nitrogens with zero attached hydrogens (tertiary/aromatic N) is 3. The van der Waals surface area contributed by atoms with E-state index in [9.17, 15) is 0 Å². The van der Waals surface area contributed by atoms with Crippen molar-refractivity contribution in [3.05, 3.63) is 42.7 Å². The Bertz CT molecular complexity index is 741. The normalized spacial score (nSPS) is 10.4. The fraction of sp³-hybridized carbons (Fsp3) is 0.133. The first-order valence-corrected chi connectivity index (χ1v) is 6.29. The van der Waals surface area contributed by atoms with Crippen molar-refractivity contribution in [3.8, 4) is 34.3 Å². The topological polar surface area (TPSA) is 70.3 Å². The minimum Gasteiger partial charge on any atom is -0.493 e. The summed E-state index contributed by atoms with van der Waals surface area (Å²) >= 11 is 0. The van der Waals surface area contributed by atoms with Gasteiger partial charge in [-0.3, -0.25) is 4.98 Å². The van der Waals surface area contributed by atoms with E-state index < -0.39 is 0 Å². The van der Waals surface area contributed by atoms with Crippen LogP contribution >= 0.6 is 0 Å². The van der Waals surface area contributed by atoms with Gasteiger partial charge in [0.05, 0.1) is 19.8 Å². The lowest BCUT2D eigenvalue weighted by molar-refractivity contribution is 0.353. The molecule has 0 saturated heterocycles. The summed E-state index contributed by atoms with van der Waals surface area (Å²) in [5, 5.41) is 3.97. The molecule has 0 fully saturated rings. The van der Waals surface area contributed by atoms with E-state index in [0.717, 1.165) is 5.56 Å². The Morgan fingerprint density at radius 3 is 2.67 bits per heavy atom. The van der Waals surface area contributed by atoms with Gasteiger partial charge in [0.1, 0.15) is 0 Å². The molecule has 0 aliphatic carbocycles. The minimum atomic E-state index is 0.365. The van der Waals surface area contributed by atoms with Crippen molar-refractivity contribution in [2.45, 2.75) is 0 Å². The maximum atomic E-state index is 5.37. The summed E-state index contributed by atoms with van der Waals surface area (Å²) in [5.41, 5.74) is 1.47. The van der Waals surface area contributed by atoms with Gasteiger partial charge in [-0.15, -0.1) is 0 Å². The predicted octanol–water partition coefficient (Wildman–Crippen LogP) is 2.82. The molecule has 0 amide bonds. The number of benzene rings is 1. The summed E-state index contributed by atoms with van der Waals surface area (Å²) in [4.78, 5) is 8.42. The number of pyridine rings is 1. The van der Waals surface area contributed by atoms with Crippen LogP contribution in [0.1, 0.15) is 0 Å². The monoisotopic (exact) mass is 283 g/mol. The molecule has 6 heteroatoms. The van der Waals surface area contributed by atoms with Gasteiger partial charge in [0.2, 0.25) is 5.82 Å². The van der Waals surface area contributed by atoms with Crippen molar-refractivity contribution < 1.29 is 14.0 Å². The Hall–Kier alpha value is -2.89. The smallest absolute Gasteiger partial charge is 0.262 e. The third-order valence-corrected chi connectivity index (χ3v) is 2.98. The first-order valence-electron chi connectivity index (χ1n) is 6.29. The molecule has 2 aromatic heterocycles. The highest BCUT2D eigenvalue weighted by Crippen LogP contribution is 2.37. The van der Waals surface area contributed by atoms with Crippen LogP contribution in [-0.4, -0.2) is 29.3 Å². The number of hydrogen-bond acceptors (Lipinski definition) is 6. The number of ether oxygens (including phenoxy) is 2. The van der Waals surface area contributed by atoms with E-state index in [1.54, 1.807) is 32.7 Å². The summed E-state index contributed by atoms with van der Waals surface area (Å²) in [5.74, 6) is 2.00. The fourth-order valence-electron chi connectivity index (χ4n) is 2.00. The Morgan fingerprint density at radius 2 is 1.95 bits per heavy atom. The Morgan fingerprint density at radius 1 is 1.05 bits per heavy atom. The third-order valence-electron chi connectivity index (χ3n) is 2.98. The second-order valence-electron chi connectivity index (χ2n) is 4.21. The standard InChI is InChI=1S/C15H13N3O3/c1-19-12-7-3-6-11(13(12)20-2)15-17-14(18-21-15)10-5-4-8-16-9-10/h3-9H,1-2H3. The average molecular weight is 283 g/mol. The second kappa shape index (κ2) is 5.62. The predicted molar refractivity (Wildman–Crippen MR) is 76.1 cm³/mol. The van der Waals surface area contributed by atoms with Crippen LogP contribution in [0.3, 0.4) is 0 Å². The van der Waals surface area contributed by atoms with E-state index in [1.807, 2.05) is 24.3 Å². The number of rotatable bonds is 4. The van der Waals surface area contributed by atoms with Gasteiger partial charge in [-0.2, -0.15) is 4.98 Å². The van der Waals surface area contributed by atoms with E-state index in [-0.39, 0.29) is 0 Å². The fourth-order valence-corrected chi connectivity index (χ4v) is 2.00. The summed E-state index contributed by atoms with van der Waals surface area (Å²) < 4.78 is 16.0. The lowest BCUT2D eigenvalue weighted by Crippen LogP contribution is -1.93. The van der Waals surface area contributed by atoms with Gasteiger partial charge in [0.15, 0.2) is 11.5 Å². The van der Waals surface area contributed by atoms with Crippen LogP contribution in [0.25, 0.3) is 22.8 Å². The van der Waals surface area contributed by atoms with E-state index in [2.05, 4.69) is 15.1 Å². The number of para-hydroxylation sites is 1. The lowest BCUT2D eigenvalue weighted by Gasteiger charge is -2.09. The molecule has 0 aliphatic rings. The van der Waals surface area contributed by atoms with Crippen LogP contribution in [0.15, 0.2) is 47.2 Å². The summed E-state index contributed by atoms with van der Waals surface area (Å²) in [6.45, 7) is 0. The Kier molecular flexibility index (Phi) is 3.51. The molecular weight excluding hydrogens is 270 g/mol. The molecule has 0 saturated carbocycles. The van der Waals surface area contributed by atoms with Crippen LogP contribution in [0.4, 0.5) is 0 Å². The van der Waals surface area contributed by atoms with Gasteiger partial charge < -0.3 is 14.0 Å². The van der Waals surface area contributed by atoms with E-state index in [4.69, 9.17) is 14.0 Å². The van der Waals surface area contributed by atoms with Crippen LogP contribution < -0.4 is 9.47 Å². The van der Waals surface area contributed by atoms with Crippen LogP contribution in [0, 0.1) is 0 Å². The van der Waals surface area contributed by atoms with Crippen LogP contribution in [0.2, 0.25) is 0 Å². The Balaban J connectivity index is 2.05. The highest BCUT2D eigenvalue weighted by atomic mass is 16.5. The molecule has 0 radical (unpaired) electrons. The van der Waals surface area contributed by atoms with Crippen molar-refractivity contribution in [3.63, 3.8) is 0 Å². The van der Waals surface area contributed by atoms with Crippen LogP contribution in [-0.2, 0) is 0 Å². The Labute approximate surface area is 121 Å². The number of hydrogen-bond donors (Lipinski definition) is 0. The zero-order valence-electron chi connectivity index (χ0n) is 11.6. The third kappa shape index (κ3) is 2.43. The van der Waals surface area contributed by atoms with Gasteiger partial charge in [-0.25, -0.2) is 0 Å². The molecule has 0 N–H and O–H groups in total. The molecule has 2 heterocycles. The maximum absolute atomic E-state index is 5.37. The van der Waals surface area contributed by atoms with Crippen molar-refractivity contribution in [2.24, 2.45) is 0 Å². The maximum Gasteiger partial charge on any atom is 0.262 e. The molecule has 3 aromatic rings. The largest absolute Gasteiger partial charge is 0.493 e. The molecule has 0 atom stereocenters. The van der Waals surface area contributed by atoms with E-state index >= 15 is 0 Å². The molecule has 0 spiro atoms. The number of aromatic nitrogens is 3. The summed E-state index contributed by atoms with van der Waals surface area (Å²) in [6.07, 6.45) is 3.37. The van der Waals surface area contributed by atoms with E-state index in [1.165, 1.54) is 0 Å². The molecule has 0 aliphatic heterocycles. The van der Waals surface area contributed by atoms with Crippen molar-refractivity contribution in [2.75, 3.05) is 14.2 Å². The quantitative estimate of drug-likeness (QED) is 0.733. The SMILES string of the molecule is COc1cccc(-c2nc(-c3cccnc3)no2)c1OC. The van der Waals surface area contributed by atoms with Crippen LogP contribution in [0.5, 0.6) is 11.5 Å². The average Bonchev–Trinajstić information content (AvgIpc) is 3.04. The first kappa shape index (κ1) is 13.1. The van der Waals surface area contributed by atoms with Gasteiger partial charge in [-0.05, 0) is 24.3 Å². The number of methoxy groups -OCH3 is 2. The van der Waals surface area contributed by atoms with Gasteiger partial charge in [-0.1, -0.05) is 11.2 Å².